The fraction of sp³-hybridized carbons (Fsp3) is 0.100. The van der Waals surface area contributed by atoms with E-state index in [2.05, 4.69) is 125 Å². The van der Waals surface area contributed by atoms with Crippen LogP contribution in [0, 0.1) is 25.2 Å². The summed E-state index contributed by atoms with van der Waals surface area (Å²) < 4.78 is 39.6. The van der Waals surface area contributed by atoms with E-state index in [1.165, 1.54) is 59.6 Å². The van der Waals surface area contributed by atoms with E-state index in [1.54, 1.807) is 68.5 Å². The minimum Gasteiger partial charge on any atom is -0.493 e. The summed E-state index contributed by atoms with van der Waals surface area (Å²) in [5.41, 5.74) is 4.18. The number of aryl methyl sites for hydroxylation is 1. The Labute approximate surface area is 411 Å². The Morgan fingerprint density at radius 2 is 1.46 bits per heavy atom. The van der Waals surface area contributed by atoms with E-state index < -0.39 is 15.9 Å². The van der Waals surface area contributed by atoms with Crippen molar-refractivity contribution in [1.29, 1.82) is 5.26 Å². The quantitative estimate of drug-likeness (QED) is 0.0230. The van der Waals surface area contributed by atoms with E-state index >= 15 is 0 Å². The van der Waals surface area contributed by atoms with Gasteiger partial charge in [0.05, 0.1) is 57.9 Å². The maximum absolute atomic E-state index is 11.5. The van der Waals surface area contributed by atoms with Gasteiger partial charge in [0.15, 0.2) is 11.3 Å². The van der Waals surface area contributed by atoms with Gasteiger partial charge in [0.25, 0.3) is 10.1 Å². The smallest absolute Gasteiger partial charge is 0.264 e. The van der Waals surface area contributed by atoms with Crippen LogP contribution in [0.15, 0.2) is 225 Å². The van der Waals surface area contributed by atoms with Gasteiger partial charge in [-0.1, -0.05) is 70.9 Å². The van der Waals surface area contributed by atoms with Crippen LogP contribution in [0.4, 0.5) is 23.0 Å². The van der Waals surface area contributed by atoms with Gasteiger partial charge in [-0.3, -0.25) is 8.95 Å². The van der Waals surface area contributed by atoms with Gasteiger partial charge < -0.3 is 15.2 Å². The van der Waals surface area contributed by atoms with E-state index in [0.29, 0.717) is 34.0 Å². The lowest BCUT2D eigenvalue weighted by molar-refractivity contribution is 0.317. The summed E-state index contributed by atoms with van der Waals surface area (Å²) in [6, 6.07) is 5.19. The number of hydrogen-bond donors (Lipinski definition) is 3. The lowest BCUT2D eigenvalue weighted by atomic mass is 10.1. The van der Waals surface area contributed by atoms with Crippen LogP contribution in [-0.4, -0.2) is 54.8 Å². The molecule has 0 bridgehead atoms. The number of rotatable bonds is 26. The fourth-order valence-electron chi connectivity index (χ4n) is 5.73. The summed E-state index contributed by atoms with van der Waals surface area (Å²) in [4.78, 5) is 16.6. The van der Waals surface area contributed by atoms with Gasteiger partial charge in [0.2, 0.25) is 11.8 Å². The second kappa shape index (κ2) is 26.7. The normalized spacial score (nSPS) is 13.2. The lowest BCUT2D eigenvalue weighted by Crippen LogP contribution is -2.08. The Kier molecular flexibility index (Phi) is 20.4. The van der Waals surface area contributed by atoms with E-state index in [1.807, 2.05) is 0 Å². The Morgan fingerprint density at radius 1 is 0.817 bits per heavy atom. The molecule has 360 valence electrons. The van der Waals surface area contributed by atoms with Crippen LogP contribution in [0.5, 0.6) is 11.6 Å². The number of allylic oxidation sites excluding steroid dienone is 12. The first-order valence-electron chi connectivity index (χ1n) is 20.9. The molecule has 1 aromatic carbocycles. The molecule has 0 spiro atoms. The van der Waals surface area contributed by atoms with E-state index in [-0.39, 0.29) is 81.5 Å². The Balaban J connectivity index is 1.80. The number of benzene rings is 1. The average molecular weight is 972 g/mol. The summed E-state index contributed by atoms with van der Waals surface area (Å²) in [7, 11) is -4.29. The minimum absolute atomic E-state index is 0.0458. The van der Waals surface area contributed by atoms with Gasteiger partial charge >= 0.3 is 0 Å². The van der Waals surface area contributed by atoms with Gasteiger partial charge in [-0.15, -0.1) is 15.3 Å². The Bertz CT molecular complexity index is 3230. The minimum atomic E-state index is -4.29. The zero-order chi connectivity index (χ0) is 51.9. The van der Waals surface area contributed by atoms with Crippen LogP contribution in [0.3, 0.4) is 0 Å². The number of azo groups is 4. The van der Waals surface area contributed by atoms with Crippen molar-refractivity contribution in [2.24, 2.45) is 40.9 Å². The first-order valence-corrected chi connectivity index (χ1v) is 22.5. The van der Waals surface area contributed by atoms with Crippen LogP contribution < -0.4 is 10.1 Å². The van der Waals surface area contributed by atoms with Gasteiger partial charge in [-0.2, -0.15) is 39.3 Å². The van der Waals surface area contributed by atoms with Crippen molar-refractivity contribution in [1.82, 2.24) is 24.3 Å². The first-order chi connectivity index (χ1) is 34.2. The van der Waals surface area contributed by atoms with Crippen molar-refractivity contribution in [3.05, 3.63) is 213 Å². The average Bonchev–Trinajstić information content (AvgIpc) is 3.74. The summed E-state index contributed by atoms with van der Waals surface area (Å²) in [5, 5.41) is 59.4. The second-order valence-corrected chi connectivity index (χ2v) is 15.6. The number of anilines is 1. The van der Waals surface area contributed by atoms with Gasteiger partial charge in [-0.05, 0) is 98.7 Å². The Hall–Kier alpha value is -9.52. The van der Waals surface area contributed by atoms with Crippen molar-refractivity contribution < 1.29 is 22.8 Å². The third kappa shape index (κ3) is 15.2. The van der Waals surface area contributed by atoms with Crippen molar-refractivity contribution in [2.45, 2.75) is 20.3 Å². The number of nitriles is 1. The summed E-state index contributed by atoms with van der Waals surface area (Å²) >= 11 is 0. The highest BCUT2D eigenvalue weighted by atomic mass is 32.2. The monoisotopic (exact) mass is 971 g/mol. The van der Waals surface area contributed by atoms with Crippen LogP contribution >= 0.6 is 0 Å². The number of imidazole rings is 1. The SMILES string of the molecule is C=C\C=C/C=C(C=C)/N=N/C(C=C)=C/C=C(C=C)/N=N/C(C=C)=C(/C=C(\C=C)N=Nc1cc(OCCCS(=O)(=O)O)c(N=Nc2c(C)c(C#N)c3nc(C=C)c(C=C)n3c2O)cc1C)Nc1ncncn1. The summed E-state index contributed by atoms with van der Waals surface area (Å²) in [6.45, 7) is 33.6. The summed E-state index contributed by atoms with van der Waals surface area (Å²) in [6.07, 6.45) is 24.4. The number of pyridine rings is 1. The number of nitrogens with one attached hydrogen (secondary N) is 1. The second-order valence-electron chi connectivity index (χ2n) is 14.0. The number of fused-ring (bicyclic) bond motifs is 1. The number of hydrogen-bond acceptors (Lipinski definition) is 18. The third-order valence-electron chi connectivity index (χ3n) is 9.26. The molecule has 0 aliphatic heterocycles. The molecule has 0 saturated heterocycles. The molecule has 0 unspecified atom stereocenters. The predicted octanol–water partition coefficient (Wildman–Crippen LogP) is 12.6. The van der Waals surface area contributed by atoms with Crippen molar-refractivity contribution in [2.75, 3.05) is 17.7 Å². The van der Waals surface area contributed by atoms with Crippen LogP contribution in [-0.2, 0) is 10.1 Å². The zero-order valence-electron chi connectivity index (χ0n) is 39.0. The molecular formula is C50H49N15O5S. The number of nitrogens with zero attached hydrogens (tertiary/aromatic N) is 14. The molecule has 4 aromatic rings. The molecule has 4 rings (SSSR count). The molecule has 0 saturated carbocycles. The highest BCUT2D eigenvalue weighted by Gasteiger charge is 2.22. The molecule has 0 fully saturated rings. The molecule has 3 N–H and O–H groups in total. The molecule has 0 radical (unpaired) electrons. The predicted molar refractivity (Wildman–Crippen MR) is 276 cm³/mol. The number of aromatic hydroxyl groups is 1. The van der Waals surface area contributed by atoms with E-state index in [9.17, 15) is 23.3 Å². The van der Waals surface area contributed by atoms with Crippen LogP contribution in [0.1, 0.15) is 34.5 Å². The molecule has 71 heavy (non-hydrogen) atoms. The molecule has 0 amide bonds. The summed E-state index contributed by atoms with van der Waals surface area (Å²) in [5.74, 6) is -0.707. The lowest BCUT2D eigenvalue weighted by Gasteiger charge is -2.12. The molecule has 0 atom stereocenters. The van der Waals surface area contributed by atoms with Crippen molar-refractivity contribution >= 4 is 50.9 Å². The molecule has 21 heteroatoms. The maximum atomic E-state index is 11.5. The molecular weight excluding hydrogens is 923 g/mol. The van der Waals surface area contributed by atoms with Gasteiger partial charge in [-0.25, -0.2) is 19.9 Å². The molecule has 3 aromatic heterocycles. The largest absolute Gasteiger partial charge is 0.493 e. The standard InChI is InChI=1S/C50H49N15O5S/c1-11-19-20-22-35(12-2)57-58-36(13-3)23-24-37(14-4)59-61-40(16-6)43(56-50-53-31-52-32-54-50)28-38(15-5)60-62-42-29-46(70-25-21-26-71(67,68)69)44(27-33(42)9)63-64-47-34(10)39(30-51)48-55-41(17-7)45(18-8)65(48)49(47)66/h11-20,22-24,27-29,31-32,66H,1-8,21,25-26H2,9-10H3,(H,67,68,69)(H,52,53,54,56)/b20-19-,35-22+,36-23+,37-24+,38-28+,43-40-,58-57+,61-59+,62-60?,64-63?. The zero-order valence-corrected chi connectivity index (χ0v) is 39.8. The van der Waals surface area contributed by atoms with E-state index in [4.69, 9.17) is 4.74 Å². The molecule has 3 heterocycles. The van der Waals surface area contributed by atoms with Gasteiger partial charge in [0.1, 0.15) is 41.4 Å². The topological polar surface area (TPSA) is 274 Å². The Morgan fingerprint density at radius 3 is 2.04 bits per heavy atom. The van der Waals surface area contributed by atoms with Gasteiger partial charge in [0, 0.05) is 11.6 Å². The maximum Gasteiger partial charge on any atom is 0.264 e. The molecule has 0 aliphatic carbocycles. The first kappa shape index (κ1) is 54.1. The third-order valence-corrected chi connectivity index (χ3v) is 10.1. The van der Waals surface area contributed by atoms with Crippen molar-refractivity contribution in [3.63, 3.8) is 0 Å². The molecule has 20 nitrogen and oxygen atoms in total. The van der Waals surface area contributed by atoms with Crippen LogP contribution in [0.25, 0.3) is 17.8 Å². The van der Waals surface area contributed by atoms with Crippen molar-refractivity contribution in [3.8, 4) is 17.7 Å². The van der Waals surface area contributed by atoms with E-state index in [0.717, 1.165) is 0 Å². The number of aromatic nitrogens is 5. The van der Waals surface area contributed by atoms with Crippen LogP contribution in [0.2, 0.25) is 0 Å². The highest BCUT2D eigenvalue weighted by molar-refractivity contribution is 7.85. The fourth-order valence-corrected chi connectivity index (χ4v) is 6.21. The highest BCUT2D eigenvalue weighted by Crippen LogP contribution is 2.41. The molecule has 0 aliphatic rings. The number of ether oxygens (including phenoxy) is 1.